The summed E-state index contributed by atoms with van der Waals surface area (Å²) >= 11 is 0. The molecular weight excluding hydrogens is 246 g/mol. The minimum atomic E-state index is 0.257. The molecule has 1 saturated heterocycles. The fraction of sp³-hybridized carbons (Fsp3) is 0.647. The fourth-order valence-electron chi connectivity index (χ4n) is 3.07. The van der Waals surface area contributed by atoms with Gasteiger partial charge in [0.25, 0.3) is 0 Å². The molecule has 0 spiro atoms. The lowest BCUT2D eigenvalue weighted by molar-refractivity contribution is 0.0717. The first-order valence-corrected chi connectivity index (χ1v) is 7.76. The van der Waals surface area contributed by atoms with Gasteiger partial charge in [0, 0.05) is 44.8 Å². The van der Waals surface area contributed by atoms with Gasteiger partial charge in [-0.15, -0.1) is 0 Å². The quantitative estimate of drug-likeness (QED) is 0.855. The summed E-state index contributed by atoms with van der Waals surface area (Å²) in [6.07, 6.45) is 1.13. The summed E-state index contributed by atoms with van der Waals surface area (Å²) in [5, 5.41) is 3.43. The van der Waals surface area contributed by atoms with E-state index in [1.165, 1.54) is 18.7 Å². The van der Waals surface area contributed by atoms with Crippen LogP contribution in [0.4, 0.5) is 0 Å². The van der Waals surface area contributed by atoms with Gasteiger partial charge < -0.3 is 10.2 Å². The second kappa shape index (κ2) is 7.21. The van der Waals surface area contributed by atoms with Crippen LogP contribution in [-0.4, -0.2) is 61.7 Å². The van der Waals surface area contributed by atoms with Gasteiger partial charge in [-0.05, 0) is 32.9 Å². The minimum absolute atomic E-state index is 0.257. The predicted octanol–water partition coefficient (Wildman–Crippen LogP) is 1.84. The van der Waals surface area contributed by atoms with Gasteiger partial charge in [0.2, 0.25) is 0 Å². The lowest BCUT2D eigenvalue weighted by Crippen LogP contribution is -2.57. The van der Waals surface area contributed by atoms with E-state index in [9.17, 15) is 0 Å². The zero-order valence-corrected chi connectivity index (χ0v) is 13.2. The molecule has 1 aromatic rings. The topological polar surface area (TPSA) is 18.5 Å². The Bertz CT molecular complexity index is 382. The predicted molar refractivity (Wildman–Crippen MR) is 86.2 cm³/mol. The monoisotopic (exact) mass is 275 g/mol. The van der Waals surface area contributed by atoms with E-state index in [-0.39, 0.29) is 5.54 Å². The maximum absolute atomic E-state index is 3.43. The molecule has 20 heavy (non-hydrogen) atoms. The molecule has 0 atom stereocenters. The van der Waals surface area contributed by atoms with E-state index in [0.717, 1.165) is 32.6 Å². The van der Waals surface area contributed by atoms with Crippen LogP contribution in [0.5, 0.6) is 0 Å². The van der Waals surface area contributed by atoms with E-state index in [1.807, 2.05) is 0 Å². The summed E-state index contributed by atoms with van der Waals surface area (Å²) in [4.78, 5) is 5.08. The molecule has 0 aromatic heterocycles. The Morgan fingerprint density at radius 2 is 1.80 bits per heavy atom. The average Bonchev–Trinajstić information content (AvgIpc) is 2.47. The van der Waals surface area contributed by atoms with Crippen molar-refractivity contribution in [3.8, 4) is 0 Å². The Morgan fingerprint density at radius 3 is 2.45 bits per heavy atom. The average molecular weight is 275 g/mol. The first kappa shape index (κ1) is 15.5. The van der Waals surface area contributed by atoms with Gasteiger partial charge in [-0.2, -0.15) is 0 Å². The van der Waals surface area contributed by atoms with E-state index in [0.29, 0.717) is 0 Å². The van der Waals surface area contributed by atoms with Crippen LogP contribution in [0.3, 0.4) is 0 Å². The van der Waals surface area contributed by atoms with Crippen LogP contribution in [0, 0.1) is 0 Å². The Labute approximate surface area is 124 Å². The summed E-state index contributed by atoms with van der Waals surface area (Å²) in [5.41, 5.74) is 1.69. The molecule has 3 heteroatoms. The number of likely N-dealkylation sites (N-methyl/N-ethyl adjacent to an activating group) is 1. The molecule has 1 aliphatic heterocycles. The highest BCUT2D eigenvalue weighted by Crippen LogP contribution is 2.16. The molecule has 0 unspecified atom stereocenters. The lowest BCUT2D eigenvalue weighted by Gasteiger charge is -2.43. The van der Waals surface area contributed by atoms with E-state index >= 15 is 0 Å². The summed E-state index contributed by atoms with van der Waals surface area (Å²) in [6.45, 7) is 11.6. The van der Waals surface area contributed by atoms with Gasteiger partial charge in [-0.25, -0.2) is 0 Å². The number of hydrogen-bond acceptors (Lipinski definition) is 3. The highest BCUT2D eigenvalue weighted by Gasteiger charge is 2.28. The molecule has 112 valence electrons. The maximum atomic E-state index is 3.43. The summed E-state index contributed by atoms with van der Waals surface area (Å²) < 4.78 is 0. The van der Waals surface area contributed by atoms with Gasteiger partial charge in [0.05, 0.1) is 0 Å². The SMILES string of the molecule is CN(CCc1ccccc1)CC(C)(C)N1CCNCC1. The van der Waals surface area contributed by atoms with Gasteiger partial charge in [0.1, 0.15) is 0 Å². The third-order valence-corrected chi connectivity index (χ3v) is 4.25. The molecule has 0 radical (unpaired) electrons. The van der Waals surface area contributed by atoms with Crippen LogP contribution in [0.1, 0.15) is 19.4 Å². The number of nitrogens with one attached hydrogen (secondary N) is 1. The molecule has 1 N–H and O–H groups in total. The third kappa shape index (κ3) is 4.58. The Hall–Kier alpha value is -0.900. The number of benzene rings is 1. The summed E-state index contributed by atoms with van der Waals surface area (Å²) in [6, 6.07) is 10.8. The second-order valence-electron chi connectivity index (χ2n) is 6.52. The highest BCUT2D eigenvalue weighted by molar-refractivity contribution is 5.14. The minimum Gasteiger partial charge on any atom is -0.314 e. The molecule has 1 aliphatic rings. The summed E-state index contributed by atoms with van der Waals surface area (Å²) in [5.74, 6) is 0. The first-order valence-electron chi connectivity index (χ1n) is 7.76. The van der Waals surface area contributed by atoms with Crippen LogP contribution in [-0.2, 0) is 6.42 Å². The van der Waals surface area contributed by atoms with E-state index in [2.05, 4.69) is 66.3 Å². The van der Waals surface area contributed by atoms with Crippen LogP contribution < -0.4 is 5.32 Å². The van der Waals surface area contributed by atoms with Crippen molar-refractivity contribution in [1.29, 1.82) is 0 Å². The van der Waals surface area contributed by atoms with Crippen molar-refractivity contribution >= 4 is 0 Å². The van der Waals surface area contributed by atoms with Gasteiger partial charge in [-0.3, -0.25) is 4.90 Å². The second-order valence-corrected chi connectivity index (χ2v) is 6.52. The Balaban J connectivity index is 1.79. The van der Waals surface area contributed by atoms with Gasteiger partial charge >= 0.3 is 0 Å². The van der Waals surface area contributed by atoms with Crippen molar-refractivity contribution in [2.45, 2.75) is 25.8 Å². The van der Waals surface area contributed by atoms with Crippen molar-refractivity contribution < 1.29 is 0 Å². The molecule has 1 fully saturated rings. The van der Waals surface area contributed by atoms with Crippen molar-refractivity contribution in [2.24, 2.45) is 0 Å². The van der Waals surface area contributed by atoms with Crippen LogP contribution >= 0.6 is 0 Å². The van der Waals surface area contributed by atoms with E-state index in [1.54, 1.807) is 0 Å². The van der Waals surface area contributed by atoms with Gasteiger partial charge in [0.15, 0.2) is 0 Å². The molecular formula is C17H29N3. The Morgan fingerprint density at radius 1 is 1.15 bits per heavy atom. The number of nitrogens with zero attached hydrogens (tertiary/aromatic N) is 2. The van der Waals surface area contributed by atoms with Crippen LogP contribution in [0.2, 0.25) is 0 Å². The standard InChI is InChI=1S/C17H29N3/c1-17(2,20-13-10-18-11-14-20)15-19(3)12-9-16-7-5-4-6-8-16/h4-8,18H,9-15H2,1-3H3. The maximum Gasteiger partial charge on any atom is 0.0281 e. The van der Waals surface area contributed by atoms with Crippen molar-refractivity contribution in [2.75, 3.05) is 46.3 Å². The largest absolute Gasteiger partial charge is 0.314 e. The number of hydrogen-bond donors (Lipinski definition) is 1. The number of rotatable bonds is 6. The molecule has 0 bridgehead atoms. The van der Waals surface area contributed by atoms with Crippen LogP contribution in [0.15, 0.2) is 30.3 Å². The summed E-state index contributed by atoms with van der Waals surface area (Å²) in [7, 11) is 2.24. The normalized spacial score (nSPS) is 17.6. The van der Waals surface area contributed by atoms with Crippen LogP contribution in [0.25, 0.3) is 0 Å². The molecule has 0 amide bonds. The van der Waals surface area contributed by atoms with Crippen molar-refractivity contribution in [3.05, 3.63) is 35.9 Å². The smallest absolute Gasteiger partial charge is 0.0281 e. The fourth-order valence-corrected chi connectivity index (χ4v) is 3.07. The number of piperazine rings is 1. The molecule has 0 saturated carbocycles. The first-order chi connectivity index (χ1) is 9.58. The molecule has 1 heterocycles. The Kier molecular flexibility index (Phi) is 5.58. The van der Waals surface area contributed by atoms with Crippen molar-refractivity contribution in [1.82, 2.24) is 15.1 Å². The lowest BCUT2D eigenvalue weighted by atomic mass is 10.0. The highest BCUT2D eigenvalue weighted by atomic mass is 15.3. The molecule has 2 rings (SSSR count). The third-order valence-electron chi connectivity index (χ3n) is 4.25. The molecule has 0 aliphatic carbocycles. The van der Waals surface area contributed by atoms with E-state index in [4.69, 9.17) is 0 Å². The van der Waals surface area contributed by atoms with E-state index < -0.39 is 0 Å². The van der Waals surface area contributed by atoms with Gasteiger partial charge in [-0.1, -0.05) is 30.3 Å². The zero-order chi connectivity index (χ0) is 14.4. The zero-order valence-electron chi connectivity index (χ0n) is 13.2. The molecule has 3 nitrogen and oxygen atoms in total. The molecule has 1 aromatic carbocycles. The van der Waals surface area contributed by atoms with Crippen molar-refractivity contribution in [3.63, 3.8) is 0 Å².